The molecule has 1 aliphatic heterocycles. The van der Waals surface area contributed by atoms with Gasteiger partial charge in [-0.15, -0.1) is 0 Å². The molecule has 1 aromatic heterocycles. The van der Waals surface area contributed by atoms with Crippen molar-refractivity contribution in [3.63, 3.8) is 0 Å². The number of aromatic amines is 1. The molecule has 1 N–H and O–H groups in total. The minimum atomic E-state index is -2.15. The second-order valence-corrected chi connectivity index (χ2v) is 12.2. The molecule has 2 rings (SSSR count). The molecule has 7 nitrogen and oxygen atoms in total. The number of carbonyl (C=O) groups excluding carboxylic acids is 1. The van der Waals surface area contributed by atoms with Crippen LogP contribution >= 0.6 is 0 Å². The SMILES string of the molecule is CC(C)(C)[Si](C)(C)OC1CC(n2cc(F)c(=O)[nH]c2=O)OC1C=O. The summed E-state index contributed by atoms with van der Waals surface area (Å²) in [4.78, 5) is 36.2. The summed E-state index contributed by atoms with van der Waals surface area (Å²) < 4.78 is 26.2. The quantitative estimate of drug-likeness (QED) is 0.651. The largest absolute Gasteiger partial charge is 0.411 e. The first kappa shape index (κ1) is 18.8. The van der Waals surface area contributed by atoms with Crippen molar-refractivity contribution in [2.45, 2.75) is 63.8 Å². The van der Waals surface area contributed by atoms with Gasteiger partial charge < -0.3 is 14.0 Å². The van der Waals surface area contributed by atoms with Crippen molar-refractivity contribution in [3.05, 3.63) is 32.9 Å². The van der Waals surface area contributed by atoms with Crippen molar-refractivity contribution >= 4 is 14.6 Å². The van der Waals surface area contributed by atoms with Crippen molar-refractivity contribution in [2.24, 2.45) is 0 Å². The van der Waals surface area contributed by atoms with Crippen LogP contribution in [0.2, 0.25) is 18.1 Å². The summed E-state index contributed by atoms with van der Waals surface area (Å²) in [6.45, 7) is 10.3. The Kier molecular flexibility index (Phi) is 4.98. The van der Waals surface area contributed by atoms with Gasteiger partial charge in [-0.05, 0) is 18.1 Å². The molecule has 134 valence electrons. The van der Waals surface area contributed by atoms with Crippen LogP contribution in [0.15, 0.2) is 15.8 Å². The highest BCUT2D eigenvalue weighted by atomic mass is 28.4. The molecule has 0 saturated carbocycles. The Labute approximate surface area is 139 Å². The molecule has 3 unspecified atom stereocenters. The second kappa shape index (κ2) is 6.38. The van der Waals surface area contributed by atoms with Crippen LogP contribution in [-0.2, 0) is 14.0 Å². The molecule has 24 heavy (non-hydrogen) atoms. The molecule has 0 bridgehead atoms. The average Bonchev–Trinajstić information content (AvgIpc) is 2.83. The maximum Gasteiger partial charge on any atom is 0.330 e. The van der Waals surface area contributed by atoms with Gasteiger partial charge in [-0.25, -0.2) is 4.79 Å². The standard InChI is InChI=1S/C15H23FN2O5Si/c1-15(2,3)24(4,5)23-10-6-12(22-11(10)8-19)18-7-9(16)13(20)17-14(18)21/h7-8,10-12H,6H2,1-5H3,(H,17,20,21). The number of hydrogen-bond donors (Lipinski definition) is 1. The first-order valence-corrected chi connectivity index (χ1v) is 10.7. The summed E-state index contributed by atoms with van der Waals surface area (Å²) in [6, 6.07) is 0. The third-order valence-electron chi connectivity index (χ3n) is 4.74. The summed E-state index contributed by atoms with van der Waals surface area (Å²) >= 11 is 0. The van der Waals surface area contributed by atoms with Gasteiger partial charge in [-0.3, -0.25) is 14.3 Å². The molecular formula is C15H23FN2O5Si. The Hall–Kier alpha value is -1.58. The van der Waals surface area contributed by atoms with Crippen LogP contribution in [0.5, 0.6) is 0 Å². The monoisotopic (exact) mass is 358 g/mol. The normalized spacial score (nSPS) is 25.0. The first-order chi connectivity index (χ1) is 11.0. The van der Waals surface area contributed by atoms with Gasteiger partial charge in [0, 0.05) is 6.42 Å². The molecule has 1 aromatic rings. The molecule has 0 amide bonds. The Bertz CT molecular complexity index is 737. The molecule has 3 atom stereocenters. The number of ether oxygens (including phenoxy) is 1. The first-order valence-electron chi connectivity index (χ1n) is 7.76. The number of carbonyl (C=O) groups is 1. The van der Waals surface area contributed by atoms with Crippen LogP contribution in [0, 0.1) is 5.82 Å². The van der Waals surface area contributed by atoms with Gasteiger partial charge in [-0.1, -0.05) is 20.8 Å². The van der Waals surface area contributed by atoms with E-state index in [1.807, 2.05) is 18.1 Å². The van der Waals surface area contributed by atoms with Gasteiger partial charge in [0.15, 0.2) is 14.6 Å². The molecule has 0 aromatic carbocycles. The highest BCUT2D eigenvalue weighted by Gasteiger charge is 2.45. The van der Waals surface area contributed by atoms with Crippen molar-refractivity contribution in [2.75, 3.05) is 0 Å². The molecule has 0 aliphatic carbocycles. The van der Waals surface area contributed by atoms with Crippen LogP contribution in [0.3, 0.4) is 0 Å². The van der Waals surface area contributed by atoms with Crippen LogP contribution < -0.4 is 11.2 Å². The van der Waals surface area contributed by atoms with E-state index in [1.54, 1.807) is 0 Å². The zero-order valence-electron chi connectivity index (χ0n) is 14.5. The number of nitrogens with one attached hydrogen (secondary N) is 1. The summed E-state index contributed by atoms with van der Waals surface area (Å²) in [5, 5.41) is -0.0561. The van der Waals surface area contributed by atoms with Gasteiger partial charge in [0.1, 0.15) is 12.3 Å². The number of rotatable bonds is 4. The predicted octanol–water partition coefficient (Wildman–Crippen LogP) is 1.55. The van der Waals surface area contributed by atoms with Crippen molar-refractivity contribution in [1.29, 1.82) is 0 Å². The minimum absolute atomic E-state index is 0.0561. The maximum absolute atomic E-state index is 13.5. The highest BCUT2D eigenvalue weighted by molar-refractivity contribution is 6.74. The zero-order chi connectivity index (χ0) is 18.3. The van der Waals surface area contributed by atoms with E-state index in [0.29, 0.717) is 6.29 Å². The van der Waals surface area contributed by atoms with Crippen LogP contribution in [0.4, 0.5) is 4.39 Å². The molecule has 9 heteroatoms. The molecule has 1 aliphatic rings. The van der Waals surface area contributed by atoms with Crippen LogP contribution in [0.1, 0.15) is 33.4 Å². The van der Waals surface area contributed by atoms with E-state index in [2.05, 4.69) is 20.8 Å². The smallest absolute Gasteiger partial charge is 0.330 e. The number of nitrogens with zero attached hydrogens (tertiary/aromatic N) is 1. The number of aromatic nitrogens is 2. The van der Waals surface area contributed by atoms with Gasteiger partial charge in [-0.2, -0.15) is 4.39 Å². The Balaban J connectivity index is 2.27. The van der Waals surface area contributed by atoms with Gasteiger partial charge in [0.2, 0.25) is 5.82 Å². The Morgan fingerprint density at radius 2 is 2.04 bits per heavy atom. The predicted molar refractivity (Wildman–Crippen MR) is 87.9 cm³/mol. The molecule has 1 saturated heterocycles. The molecule has 1 fully saturated rings. The highest BCUT2D eigenvalue weighted by Crippen LogP contribution is 2.40. The Morgan fingerprint density at radius 1 is 1.42 bits per heavy atom. The third kappa shape index (κ3) is 3.57. The summed E-state index contributed by atoms with van der Waals surface area (Å²) in [7, 11) is -2.15. The number of halogens is 1. The topological polar surface area (TPSA) is 90.4 Å². The van der Waals surface area contributed by atoms with Crippen molar-refractivity contribution in [3.8, 4) is 0 Å². The van der Waals surface area contributed by atoms with Crippen molar-refractivity contribution < 1.29 is 18.3 Å². The summed E-state index contributed by atoms with van der Waals surface area (Å²) in [5.74, 6) is -1.09. The van der Waals surface area contributed by atoms with E-state index in [9.17, 15) is 18.8 Å². The van der Waals surface area contributed by atoms with Crippen LogP contribution in [-0.4, -0.2) is 36.4 Å². The summed E-state index contributed by atoms with van der Waals surface area (Å²) in [5.41, 5.74) is -1.88. The molecule has 2 heterocycles. The lowest BCUT2D eigenvalue weighted by atomic mass is 10.2. The van der Waals surface area contributed by atoms with Crippen molar-refractivity contribution in [1.82, 2.24) is 9.55 Å². The van der Waals surface area contributed by atoms with Gasteiger partial charge in [0.05, 0.1) is 12.3 Å². The molecular weight excluding hydrogens is 335 g/mol. The van der Waals surface area contributed by atoms with E-state index in [4.69, 9.17) is 9.16 Å². The van der Waals surface area contributed by atoms with Gasteiger partial charge >= 0.3 is 5.69 Å². The third-order valence-corrected chi connectivity index (χ3v) is 9.24. The Morgan fingerprint density at radius 3 is 2.58 bits per heavy atom. The van der Waals surface area contributed by atoms with E-state index < -0.39 is 43.8 Å². The van der Waals surface area contributed by atoms with Crippen LogP contribution in [0.25, 0.3) is 0 Å². The minimum Gasteiger partial charge on any atom is -0.411 e. The second-order valence-electron chi connectivity index (χ2n) is 7.49. The number of H-pyrrole nitrogens is 1. The lowest BCUT2D eigenvalue weighted by Crippen LogP contribution is -2.46. The fourth-order valence-electron chi connectivity index (χ4n) is 2.30. The van der Waals surface area contributed by atoms with E-state index >= 15 is 0 Å². The maximum atomic E-state index is 13.5. The molecule has 0 radical (unpaired) electrons. The number of hydrogen-bond acceptors (Lipinski definition) is 5. The zero-order valence-corrected chi connectivity index (χ0v) is 15.5. The lowest BCUT2D eigenvalue weighted by molar-refractivity contribution is -0.122. The number of aldehydes is 1. The van der Waals surface area contributed by atoms with E-state index in [1.165, 1.54) is 0 Å². The van der Waals surface area contributed by atoms with Gasteiger partial charge in [0.25, 0.3) is 5.56 Å². The molecule has 0 spiro atoms. The average molecular weight is 358 g/mol. The fraction of sp³-hybridized carbons (Fsp3) is 0.667. The van der Waals surface area contributed by atoms with E-state index in [-0.39, 0.29) is 11.5 Å². The summed E-state index contributed by atoms with van der Waals surface area (Å²) in [6.07, 6.45) is -0.579. The lowest BCUT2D eigenvalue weighted by Gasteiger charge is -2.38. The van der Waals surface area contributed by atoms with E-state index in [0.717, 1.165) is 10.8 Å². The fourth-order valence-corrected chi connectivity index (χ4v) is 3.64.